The molecule has 374 valence electrons. The van der Waals surface area contributed by atoms with E-state index in [0.717, 1.165) is 66.1 Å². The fourth-order valence-electron chi connectivity index (χ4n) is 9.68. The smallest absolute Gasteiger partial charge is 0.330 e. The topological polar surface area (TPSA) is 228 Å². The quantitative estimate of drug-likeness (QED) is 0.122. The number of methoxy groups -OCH3 is 3. The first-order valence-electron chi connectivity index (χ1n) is 23.4. The van der Waals surface area contributed by atoms with E-state index >= 15 is 0 Å². The summed E-state index contributed by atoms with van der Waals surface area (Å²) < 4.78 is 20.4. The van der Waals surface area contributed by atoms with Crippen LogP contribution in [0.25, 0.3) is 22.3 Å². The van der Waals surface area contributed by atoms with Gasteiger partial charge < -0.3 is 39.1 Å². The molecule has 18 nitrogen and oxygen atoms in total. The Labute approximate surface area is 401 Å². The number of carbonyl (C=O) groups is 4. The fraction of sp³-hybridized carbons (Fsp3) is 0.529. The predicted octanol–water partition coefficient (Wildman–Crippen LogP) is 3.62. The minimum absolute atomic E-state index is 0.117. The molecule has 0 saturated heterocycles. The van der Waals surface area contributed by atoms with Crippen LogP contribution in [-0.4, -0.2) is 93.8 Å². The normalized spacial score (nSPS) is 15.7. The van der Waals surface area contributed by atoms with E-state index in [9.17, 15) is 43.5 Å². The monoisotopic (exact) mass is 956 g/mol. The SMILES string of the molecule is COCCC1(C(=O)NC(Cc2ccc(-c3c(C)n(C)c(=O)n(C)c3=O)cc2)C(=O)O)CCCC1.COCCC1(C(=O)NC(Cc2ccc(-c3c(C)n(C)c(=O)n(C)c3=O)cc2)C(=O)OC)CCCC1. The highest BCUT2D eigenvalue weighted by Crippen LogP contribution is 2.42. The van der Waals surface area contributed by atoms with Crippen molar-refractivity contribution in [3.8, 4) is 22.3 Å². The summed E-state index contributed by atoms with van der Waals surface area (Å²) in [6.45, 7) is 4.39. The summed E-state index contributed by atoms with van der Waals surface area (Å²) >= 11 is 0. The Morgan fingerprint density at radius 3 is 1.26 bits per heavy atom. The van der Waals surface area contributed by atoms with Gasteiger partial charge in [0.05, 0.1) is 29.1 Å². The van der Waals surface area contributed by atoms with E-state index < -0.39 is 40.5 Å². The molecule has 2 aliphatic rings. The number of aromatic nitrogens is 4. The van der Waals surface area contributed by atoms with Crippen LogP contribution < -0.4 is 33.1 Å². The Morgan fingerprint density at radius 2 is 0.928 bits per heavy atom. The van der Waals surface area contributed by atoms with Gasteiger partial charge in [-0.1, -0.05) is 74.2 Å². The molecule has 2 fully saturated rings. The van der Waals surface area contributed by atoms with E-state index in [1.165, 1.54) is 30.3 Å². The van der Waals surface area contributed by atoms with Crippen molar-refractivity contribution in [2.75, 3.05) is 34.5 Å². The van der Waals surface area contributed by atoms with E-state index in [1.807, 2.05) is 12.1 Å². The Morgan fingerprint density at radius 1 is 0.580 bits per heavy atom. The summed E-state index contributed by atoms with van der Waals surface area (Å²) in [7, 11) is 10.6. The van der Waals surface area contributed by atoms with Crippen LogP contribution in [0, 0.1) is 24.7 Å². The highest BCUT2D eigenvalue weighted by molar-refractivity contribution is 5.89. The average Bonchev–Trinajstić information content (AvgIpc) is 4.05. The van der Waals surface area contributed by atoms with Gasteiger partial charge in [-0.05, 0) is 74.6 Å². The Balaban J connectivity index is 0.000000258. The largest absolute Gasteiger partial charge is 0.480 e. The molecule has 2 aromatic carbocycles. The third kappa shape index (κ3) is 11.9. The Bertz CT molecular complexity index is 2740. The number of nitrogens with zero attached hydrogens (tertiary/aromatic N) is 4. The van der Waals surface area contributed by atoms with Gasteiger partial charge in [0.2, 0.25) is 11.8 Å². The maximum absolute atomic E-state index is 13.3. The molecule has 2 unspecified atom stereocenters. The summed E-state index contributed by atoms with van der Waals surface area (Å²) in [5.74, 6) is -1.97. The van der Waals surface area contributed by atoms with E-state index in [-0.39, 0.29) is 41.5 Å². The molecule has 18 heteroatoms. The third-order valence-corrected chi connectivity index (χ3v) is 14.3. The Hall–Kier alpha value is -6.40. The highest BCUT2D eigenvalue weighted by Gasteiger charge is 2.43. The van der Waals surface area contributed by atoms with E-state index in [0.29, 0.717) is 65.3 Å². The first-order chi connectivity index (χ1) is 32.8. The first kappa shape index (κ1) is 53.6. The van der Waals surface area contributed by atoms with Gasteiger partial charge in [0, 0.05) is 79.9 Å². The van der Waals surface area contributed by atoms with Gasteiger partial charge in [0.15, 0.2) is 0 Å². The van der Waals surface area contributed by atoms with Crippen LogP contribution in [-0.2, 0) is 74.4 Å². The standard InChI is InChI=1S/C26H35N3O6.C25H33N3O6/c1-17-21(22(30)29(3)25(33)28(17)2)19-10-8-18(9-11-19)16-20(23(31)35-5)27-24(32)26(14-15-34-4)12-6-7-13-26;1-16-20(21(29)28(3)24(33)27(16)2)18-9-7-17(8-10-18)15-19(22(30)31)26-23(32)25(13-14-34-4)11-5-6-12-25/h8-11,20H,6-7,12-16H2,1-5H3,(H,27,32);7-10,19H,5-6,11-15H2,1-4H3,(H,26,32)(H,30,31). The summed E-state index contributed by atoms with van der Waals surface area (Å²) in [5.41, 5.74) is 2.19. The number of esters is 1. The van der Waals surface area contributed by atoms with Crippen molar-refractivity contribution in [1.29, 1.82) is 0 Å². The number of carboxylic acids is 1. The maximum Gasteiger partial charge on any atom is 0.330 e. The zero-order valence-electron chi connectivity index (χ0n) is 41.4. The van der Waals surface area contributed by atoms with Crippen molar-refractivity contribution >= 4 is 23.8 Å². The molecule has 2 aliphatic carbocycles. The van der Waals surface area contributed by atoms with Gasteiger partial charge in [-0.3, -0.25) is 28.3 Å². The lowest BCUT2D eigenvalue weighted by atomic mass is 9.81. The molecule has 0 spiro atoms. The fourth-order valence-corrected chi connectivity index (χ4v) is 9.68. The van der Waals surface area contributed by atoms with E-state index in [4.69, 9.17) is 14.2 Å². The molecule has 4 aromatic rings. The summed E-state index contributed by atoms with van der Waals surface area (Å²) in [6.07, 6.45) is 8.43. The number of aliphatic carboxylic acids is 1. The molecule has 2 amide bonds. The highest BCUT2D eigenvalue weighted by atomic mass is 16.5. The number of carboxylic acid groups (broad SMARTS) is 1. The second-order valence-electron chi connectivity index (χ2n) is 18.5. The zero-order chi connectivity index (χ0) is 50.8. The van der Waals surface area contributed by atoms with Crippen LogP contribution >= 0.6 is 0 Å². The number of ether oxygens (including phenoxy) is 3. The molecule has 6 rings (SSSR count). The molecule has 0 radical (unpaired) electrons. The van der Waals surface area contributed by atoms with Crippen LogP contribution in [0.4, 0.5) is 0 Å². The number of amides is 2. The average molecular weight is 957 g/mol. The lowest BCUT2D eigenvalue weighted by Crippen LogP contribution is -2.49. The molecular weight excluding hydrogens is 889 g/mol. The first-order valence-corrected chi connectivity index (χ1v) is 23.4. The van der Waals surface area contributed by atoms with Crippen LogP contribution in [0.5, 0.6) is 0 Å². The lowest BCUT2D eigenvalue weighted by molar-refractivity contribution is -0.147. The summed E-state index contributed by atoms with van der Waals surface area (Å²) in [4.78, 5) is 101. The van der Waals surface area contributed by atoms with Gasteiger partial charge >= 0.3 is 23.3 Å². The molecule has 2 heterocycles. The number of nitrogens with one attached hydrogen (secondary N) is 2. The molecule has 2 atom stereocenters. The number of hydrogen-bond donors (Lipinski definition) is 3. The van der Waals surface area contributed by atoms with E-state index in [1.54, 1.807) is 78.6 Å². The van der Waals surface area contributed by atoms with Crippen molar-refractivity contribution < 1.29 is 38.5 Å². The van der Waals surface area contributed by atoms with Gasteiger partial charge in [-0.25, -0.2) is 19.2 Å². The molecule has 3 N–H and O–H groups in total. The molecule has 2 saturated carbocycles. The third-order valence-electron chi connectivity index (χ3n) is 14.3. The lowest BCUT2D eigenvalue weighted by Gasteiger charge is -2.29. The summed E-state index contributed by atoms with van der Waals surface area (Å²) in [5, 5.41) is 15.5. The molecule has 0 aliphatic heterocycles. The Kier molecular flexibility index (Phi) is 18.1. The van der Waals surface area contributed by atoms with Crippen LogP contribution in [0.3, 0.4) is 0 Å². The van der Waals surface area contributed by atoms with Crippen LogP contribution in [0.1, 0.15) is 86.7 Å². The van der Waals surface area contributed by atoms with Crippen molar-refractivity contribution in [1.82, 2.24) is 28.9 Å². The van der Waals surface area contributed by atoms with Gasteiger partial charge in [0.1, 0.15) is 12.1 Å². The number of benzene rings is 2. The zero-order valence-corrected chi connectivity index (χ0v) is 41.4. The molecule has 69 heavy (non-hydrogen) atoms. The van der Waals surface area contributed by atoms with Crippen molar-refractivity contribution in [3.63, 3.8) is 0 Å². The summed E-state index contributed by atoms with van der Waals surface area (Å²) in [6, 6.07) is 12.3. The molecule has 0 bridgehead atoms. The second-order valence-corrected chi connectivity index (χ2v) is 18.5. The minimum Gasteiger partial charge on any atom is -0.480 e. The molecular formula is C51H68N6O12. The predicted molar refractivity (Wildman–Crippen MR) is 260 cm³/mol. The van der Waals surface area contributed by atoms with Crippen molar-refractivity contribution in [2.45, 2.75) is 103 Å². The number of hydrogen-bond acceptors (Lipinski definition) is 11. The van der Waals surface area contributed by atoms with Crippen LogP contribution in [0.2, 0.25) is 0 Å². The number of rotatable bonds is 18. The van der Waals surface area contributed by atoms with Gasteiger partial charge in [-0.15, -0.1) is 0 Å². The number of carbonyl (C=O) groups excluding carboxylic acids is 3. The second kappa shape index (κ2) is 23.3. The minimum atomic E-state index is -1.10. The van der Waals surface area contributed by atoms with Crippen molar-refractivity contribution in [3.05, 3.63) is 113 Å². The van der Waals surface area contributed by atoms with E-state index in [2.05, 4.69) is 10.6 Å². The molecule has 2 aromatic heterocycles. The van der Waals surface area contributed by atoms with Crippen molar-refractivity contribution in [2.24, 2.45) is 39.0 Å². The van der Waals surface area contributed by atoms with Gasteiger partial charge in [-0.2, -0.15) is 0 Å². The van der Waals surface area contributed by atoms with Crippen LogP contribution in [0.15, 0.2) is 67.7 Å². The van der Waals surface area contributed by atoms with Gasteiger partial charge in [0.25, 0.3) is 11.1 Å². The maximum atomic E-state index is 13.3.